The summed E-state index contributed by atoms with van der Waals surface area (Å²) < 4.78 is 28.5. The molecule has 0 radical (unpaired) electrons. The largest absolute Gasteiger partial charge is 0.386 e. The van der Waals surface area contributed by atoms with Crippen LogP contribution >= 0.6 is 0 Å². The lowest BCUT2D eigenvalue weighted by Crippen LogP contribution is -2.57. The highest BCUT2D eigenvalue weighted by atomic mass is 32.2. The lowest BCUT2D eigenvalue weighted by molar-refractivity contribution is 0.163. The first-order valence-corrected chi connectivity index (χ1v) is 9.05. The van der Waals surface area contributed by atoms with E-state index >= 15 is 0 Å². The van der Waals surface area contributed by atoms with Gasteiger partial charge in [0.2, 0.25) is 0 Å². The molecule has 3 N–H and O–H groups in total. The van der Waals surface area contributed by atoms with Crippen LogP contribution in [0.4, 0.5) is 0 Å². The Labute approximate surface area is 127 Å². The summed E-state index contributed by atoms with van der Waals surface area (Å²) in [7, 11) is -3.33. The van der Waals surface area contributed by atoms with Crippen molar-refractivity contribution in [3.63, 3.8) is 0 Å². The standard InChI is InChI=1S/C13H27N5O2S/c1-11-4-3-5-18(10-11)21(19,20)17-8-6-16(7-9-17)12(2)13(14)15/h11-12H,3-10H2,1-2H3,(H3,14,15). The number of hydrogen-bond acceptors (Lipinski definition) is 4. The summed E-state index contributed by atoms with van der Waals surface area (Å²) in [5.41, 5.74) is 5.52. The SMILES string of the molecule is CC1CCCN(S(=O)(=O)N2CCN(C(C)C(=N)N)CC2)C1. The van der Waals surface area contributed by atoms with E-state index in [9.17, 15) is 8.42 Å². The summed E-state index contributed by atoms with van der Waals surface area (Å²) in [4.78, 5) is 2.06. The summed E-state index contributed by atoms with van der Waals surface area (Å²) in [5, 5.41) is 7.49. The molecule has 0 amide bonds. The second-order valence-electron chi connectivity index (χ2n) is 6.18. The van der Waals surface area contributed by atoms with E-state index in [4.69, 9.17) is 11.1 Å². The van der Waals surface area contributed by atoms with Crippen LogP contribution < -0.4 is 5.73 Å². The highest BCUT2D eigenvalue weighted by Gasteiger charge is 2.35. The Bertz CT molecular complexity index is 473. The molecular formula is C13H27N5O2S. The molecule has 0 saturated carbocycles. The number of piperidine rings is 1. The van der Waals surface area contributed by atoms with Gasteiger partial charge in [0, 0.05) is 39.3 Å². The minimum absolute atomic E-state index is 0.120. The van der Waals surface area contributed by atoms with Crippen LogP contribution in [0.2, 0.25) is 0 Å². The quantitative estimate of drug-likeness (QED) is 0.559. The third-order valence-corrected chi connectivity index (χ3v) is 6.55. The predicted octanol–water partition coefficient (Wildman–Crippen LogP) is -0.0948. The molecule has 0 aromatic carbocycles. The fraction of sp³-hybridized carbons (Fsp3) is 0.923. The topological polar surface area (TPSA) is 93.7 Å². The van der Waals surface area contributed by atoms with Crippen molar-refractivity contribution in [3.8, 4) is 0 Å². The fourth-order valence-corrected chi connectivity index (χ4v) is 4.79. The molecule has 2 fully saturated rings. The van der Waals surface area contributed by atoms with E-state index in [2.05, 4.69) is 11.8 Å². The van der Waals surface area contributed by atoms with Gasteiger partial charge in [-0.2, -0.15) is 17.0 Å². The molecule has 2 unspecified atom stereocenters. The van der Waals surface area contributed by atoms with Gasteiger partial charge in [-0.15, -0.1) is 0 Å². The van der Waals surface area contributed by atoms with Gasteiger partial charge in [-0.25, -0.2) is 0 Å². The third-order valence-electron chi connectivity index (χ3n) is 4.54. The molecule has 2 rings (SSSR count). The molecule has 7 nitrogen and oxygen atoms in total. The molecule has 0 aromatic rings. The molecule has 2 saturated heterocycles. The number of piperazine rings is 1. The molecule has 8 heteroatoms. The summed E-state index contributed by atoms with van der Waals surface area (Å²) in [6.45, 7) is 7.47. The monoisotopic (exact) mass is 317 g/mol. The number of hydrogen-bond donors (Lipinski definition) is 2. The van der Waals surface area contributed by atoms with Crippen molar-refractivity contribution < 1.29 is 8.42 Å². The maximum atomic E-state index is 12.7. The molecule has 122 valence electrons. The van der Waals surface area contributed by atoms with Crippen molar-refractivity contribution in [1.29, 1.82) is 5.41 Å². The zero-order chi connectivity index (χ0) is 15.6. The van der Waals surface area contributed by atoms with E-state index in [1.165, 1.54) is 0 Å². The van der Waals surface area contributed by atoms with E-state index in [0.29, 0.717) is 45.2 Å². The number of rotatable bonds is 4. The molecule has 0 aliphatic carbocycles. The highest BCUT2D eigenvalue weighted by Crippen LogP contribution is 2.21. The van der Waals surface area contributed by atoms with Crippen molar-refractivity contribution in [1.82, 2.24) is 13.5 Å². The van der Waals surface area contributed by atoms with Gasteiger partial charge < -0.3 is 5.73 Å². The van der Waals surface area contributed by atoms with E-state index in [0.717, 1.165) is 12.8 Å². The Hall–Kier alpha value is -0.700. The van der Waals surface area contributed by atoms with Gasteiger partial charge in [0.05, 0.1) is 6.04 Å². The maximum absolute atomic E-state index is 12.7. The van der Waals surface area contributed by atoms with Crippen LogP contribution in [0.25, 0.3) is 0 Å². The Balaban J connectivity index is 1.96. The number of nitrogens with one attached hydrogen (secondary N) is 1. The Kier molecular flexibility index (Phi) is 5.24. The molecule has 2 aliphatic rings. The fourth-order valence-electron chi connectivity index (χ4n) is 3.04. The summed E-state index contributed by atoms with van der Waals surface area (Å²) in [6, 6.07) is -0.120. The predicted molar refractivity (Wildman–Crippen MR) is 83.4 cm³/mol. The van der Waals surface area contributed by atoms with E-state index < -0.39 is 10.2 Å². The molecule has 0 spiro atoms. The van der Waals surface area contributed by atoms with Gasteiger partial charge in [0.1, 0.15) is 5.84 Å². The van der Waals surface area contributed by atoms with Crippen LogP contribution in [-0.2, 0) is 10.2 Å². The van der Waals surface area contributed by atoms with Crippen LogP contribution in [0.1, 0.15) is 26.7 Å². The lowest BCUT2D eigenvalue weighted by atomic mass is 10.0. The second kappa shape index (κ2) is 6.60. The molecule has 2 atom stereocenters. The lowest BCUT2D eigenvalue weighted by Gasteiger charge is -2.40. The van der Waals surface area contributed by atoms with Crippen molar-refractivity contribution in [3.05, 3.63) is 0 Å². The average Bonchev–Trinajstić information content (AvgIpc) is 2.46. The normalized spacial score (nSPS) is 28.4. The summed E-state index contributed by atoms with van der Waals surface area (Å²) in [6.07, 6.45) is 2.05. The Morgan fingerprint density at radius 1 is 1.19 bits per heavy atom. The second-order valence-corrected chi connectivity index (χ2v) is 8.11. The smallest absolute Gasteiger partial charge is 0.282 e. The third kappa shape index (κ3) is 3.74. The van der Waals surface area contributed by atoms with Crippen molar-refractivity contribution in [2.45, 2.75) is 32.7 Å². The zero-order valence-corrected chi connectivity index (χ0v) is 13.8. The van der Waals surface area contributed by atoms with Gasteiger partial charge in [-0.3, -0.25) is 10.3 Å². The Morgan fingerprint density at radius 3 is 2.33 bits per heavy atom. The van der Waals surface area contributed by atoms with Crippen molar-refractivity contribution >= 4 is 16.0 Å². The van der Waals surface area contributed by atoms with Gasteiger partial charge in [-0.05, 0) is 25.7 Å². The maximum Gasteiger partial charge on any atom is 0.282 e. The van der Waals surface area contributed by atoms with Crippen molar-refractivity contribution in [2.75, 3.05) is 39.3 Å². The minimum Gasteiger partial charge on any atom is -0.386 e. The average molecular weight is 317 g/mol. The first-order chi connectivity index (χ1) is 9.82. The molecule has 0 bridgehead atoms. The zero-order valence-electron chi connectivity index (χ0n) is 13.0. The molecule has 21 heavy (non-hydrogen) atoms. The van der Waals surface area contributed by atoms with Crippen molar-refractivity contribution in [2.24, 2.45) is 11.7 Å². The first kappa shape index (κ1) is 16.7. The summed E-state index contributed by atoms with van der Waals surface area (Å²) >= 11 is 0. The molecular weight excluding hydrogens is 290 g/mol. The molecule has 2 heterocycles. The first-order valence-electron chi connectivity index (χ1n) is 7.65. The minimum atomic E-state index is -3.33. The van der Waals surface area contributed by atoms with Crippen LogP contribution in [0.3, 0.4) is 0 Å². The van der Waals surface area contributed by atoms with Crippen LogP contribution in [0.15, 0.2) is 0 Å². The number of nitrogens with zero attached hydrogens (tertiary/aromatic N) is 3. The van der Waals surface area contributed by atoms with E-state index in [1.807, 2.05) is 6.92 Å². The molecule has 0 aromatic heterocycles. The van der Waals surface area contributed by atoms with Gasteiger partial charge in [0.25, 0.3) is 10.2 Å². The van der Waals surface area contributed by atoms with Gasteiger partial charge in [0.15, 0.2) is 0 Å². The Morgan fingerprint density at radius 2 is 1.81 bits per heavy atom. The number of amidine groups is 1. The van der Waals surface area contributed by atoms with Gasteiger partial charge in [-0.1, -0.05) is 6.92 Å². The highest BCUT2D eigenvalue weighted by molar-refractivity contribution is 7.86. The summed E-state index contributed by atoms with van der Waals surface area (Å²) in [5.74, 6) is 0.573. The van der Waals surface area contributed by atoms with Crippen LogP contribution in [0, 0.1) is 11.3 Å². The van der Waals surface area contributed by atoms with Crippen LogP contribution in [0.5, 0.6) is 0 Å². The van der Waals surface area contributed by atoms with Crippen LogP contribution in [-0.4, -0.2) is 73.1 Å². The van der Waals surface area contributed by atoms with Gasteiger partial charge >= 0.3 is 0 Å². The van der Waals surface area contributed by atoms with E-state index in [-0.39, 0.29) is 11.9 Å². The number of nitrogens with two attached hydrogens (primary N) is 1. The van der Waals surface area contributed by atoms with E-state index in [1.54, 1.807) is 8.61 Å². The molecule has 2 aliphatic heterocycles.